The molecule has 0 aromatic carbocycles. The summed E-state index contributed by atoms with van der Waals surface area (Å²) in [7, 11) is 1.65. The highest BCUT2D eigenvalue weighted by molar-refractivity contribution is 5.75. The summed E-state index contributed by atoms with van der Waals surface area (Å²) in [6.45, 7) is 10.3. The summed E-state index contributed by atoms with van der Waals surface area (Å²) >= 11 is 0. The summed E-state index contributed by atoms with van der Waals surface area (Å²) in [5, 5.41) is 0. The minimum absolute atomic E-state index is 0.285. The van der Waals surface area contributed by atoms with Crippen molar-refractivity contribution < 1.29 is 42.7 Å². The Hall–Kier alpha value is -0.650. The summed E-state index contributed by atoms with van der Waals surface area (Å²) < 4.78 is 42.9. The first-order chi connectivity index (χ1) is 16.3. The quantitative estimate of drug-likeness (QED) is 0.150. The molecule has 0 aliphatic carbocycles. The van der Waals surface area contributed by atoms with Crippen LogP contribution in [0.25, 0.3) is 0 Å². The molecule has 0 amide bonds. The number of ether oxygens (including phenoxy) is 8. The standard InChI is InChI=1S/C24H48O9/c1-24(25)8-6-4-3-5-7-9-27-12-13-29-16-17-31-20-21-33-23-22-32-19-18-30-15-14-28-11-10-26-2/h3-23H2,1-2H3. The molecule has 33 heavy (non-hydrogen) atoms. The van der Waals surface area contributed by atoms with Crippen molar-refractivity contribution in [3.63, 3.8) is 0 Å². The molecule has 0 rings (SSSR count). The maximum atomic E-state index is 10.8. The van der Waals surface area contributed by atoms with E-state index in [9.17, 15) is 4.79 Å². The molecule has 0 aromatic rings. The van der Waals surface area contributed by atoms with E-state index in [0.717, 1.165) is 32.3 Å². The van der Waals surface area contributed by atoms with E-state index >= 15 is 0 Å². The van der Waals surface area contributed by atoms with Crippen LogP contribution in [-0.2, 0) is 42.7 Å². The smallest absolute Gasteiger partial charge is 0.129 e. The minimum atomic E-state index is 0.285. The molecule has 0 unspecified atom stereocenters. The number of methoxy groups -OCH3 is 1. The number of hydrogen-bond donors (Lipinski definition) is 0. The second kappa shape index (κ2) is 29.4. The number of ketones is 1. The Labute approximate surface area is 200 Å². The fourth-order valence-corrected chi connectivity index (χ4v) is 2.67. The SMILES string of the molecule is COCCOCCOCCOCCOCCOCCOCCOCCCCCCCC(C)=O. The number of Topliss-reactive ketones (excluding diaryl/α,β-unsaturated/α-hetero) is 1. The fraction of sp³-hybridized carbons (Fsp3) is 0.958. The second-order valence-corrected chi connectivity index (χ2v) is 7.50. The van der Waals surface area contributed by atoms with Crippen LogP contribution in [0.4, 0.5) is 0 Å². The van der Waals surface area contributed by atoms with Crippen LogP contribution in [-0.4, -0.2) is 112 Å². The van der Waals surface area contributed by atoms with Crippen LogP contribution in [0.15, 0.2) is 0 Å². The van der Waals surface area contributed by atoms with E-state index < -0.39 is 0 Å². The number of rotatable bonds is 29. The highest BCUT2D eigenvalue weighted by Crippen LogP contribution is 2.05. The van der Waals surface area contributed by atoms with Crippen LogP contribution in [0.3, 0.4) is 0 Å². The van der Waals surface area contributed by atoms with Gasteiger partial charge < -0.3 is 42.7 Å². The van der Waals surface area contributed by atoms with E-state index in [4.69, 9.17) is 37.9 Å². The van der Waals surface area contributed by atoms with E-state index in [0.29, 0.717) is 98.9 Å². The molecular weight excluding hydrogens is 432 g/mol. The van der Waals surface area contributed by atoms with Gasteiger partial charge in [0.1, 0.15) is 5.78 Å². The fourth-order valence-electron chi connectivity index (χ4n) is 2.67. The molecule has 0 saturated carbocycles. The zero-order valence-electron chi connectivity index (χ0n) is 21.0. The molecule has 0 N–H and O–H groups in total. The topological polar surface area (TPSA) is 90.9 Å². The molecule has 0 bridgehead atoms. The van der Waals surface area contributed by atoms with Crippen molar-refractivity contribution in [2.45, 2.75) is 45.4 Å². The second-order valence-electron chi connectivity index (χ2n) is 7.50. The van der Waals surface area contributed by atoms with Gasteiger partial charge in [-0.2, -0.15) is 0 Å². The monoisotopic (exact) mass is 480 g/mol. The van der Waals surface area contributed by atoms with Crippen molar-refractivity contribution >= 4 is 5.78 Å². The first-order valence-electron chi connectivity index (χ1n) is 12.3. The lowest BCUT2D eigenvalue weighted by Crippen LogP contribution is -2.14. The van der Waals surface area contributed by atoms with E-state index in [-0.39, 0.29) is 5.78 Å². The molecule has 0 aliphatic heterocycles. The lowest BCUT2D eigenvalue weighted by molar-refractivity contribution is -0.117. The summed E-state index contributed by atoms with van der Waals surface area (Å²) in [6, 6.07) is 0. The Balaban J connectivity index is 3.01. The van der Waals surface area contributed by atoms with Crippen molar-refractivity contribution in [3.05, 3.63) is 0 Å². The van der Waals surface area contributed by atoms with Gasteiger partial charge in [-0.3, -0.25) is 0 Å². The Morgan fingerprint density at radius 1 is 0.424 bits per heavy atom. The number of unbranched alkanes of at least 4 members (excludes halogenated alkanes) is 4. The largest absolute Gasteiger partial charge is 0.382 e. The summed E-state index contributed by atoms with van der Waals surface area (Å²) in [5.41, 5.74) is 0. The minimum Gasteiger partial charge on any atom is -0.382 e. The van der Waals surface area contributed by atoms with Gasteiger partial charge in [0.05, 0.1) is 92.5 Å². The van der Waals surface area contributed by atoms with Crippen LogP contribution in [0.5, 0.6) is 0 Å². The van der Waals surface area contributed by atoms with Gasteiger partial charge in [0.15, 0.2) is 0 Å². The van der Waals surface area contributed by atoms with Crippen LogP contribution in [0.1, 0.15) is 45.4 Å². The average molecular weight is 481 g/mol. The normalized spacial score (nSPS) is 11.3. The Bertz CT molecular complexity index is 383. The predicted molar refractivity (Wildman–Crippen MR) is 126 cm³/mol. The maximum absolute atomic E-state index is 10.8. The lowest BCUT2D eigenvalue weighted by atomic mass is 10.1. The van der Waals surface area contributed by atoms with Gasteiger partial charge in [-0.15, -0.1) is 0 Å². The van der Waals surface area contributed by atoms with Crippen molar-refractivity contribution in [1.29, 1.82) is 0 Å². The van der Waals surface area contributed by atoms with Gasteiger partial charge in [-0.05, 0) is 19.8 Å². The van der Waals surface area contributed by atoms with E-state index in [1.807, 2.05) is 0 Å². The first kappa shape index (κ1) is 32.4. The van der Waals surface area contributed by atoms with Gasteiger partial charge in [0.25, 0.3) is 0 Å². The molecule has 0 fully saturated rings. The highest BCUT2D eigenvalue weighted by atomic mass is 16.6. The molecule has 0 spiro atoms. The van der Waals surface area contributed by atoms with Gasteiger partial charge in [0.2, 0.25) is 0 Å². The number of hydrogen-bond acceptors (Lipinski definition) is 9. The van der Waals surface area contributed by atoms with Crippen LogP contribution < -0.4 is 0 Å². The van der Waals surface area contributed by atoms with Crippen molar-refractivity contribution in [2.24, 2.45) is 0 Å². The molecule has 0 aliphatic rings. The Morgan fingerprint density at radius 3 is 1.09 bits per heavy atom. The summed E-state index contributed by atoms with van der Waals surface area (Å²) in [4.78, 5) is 10.8. The molecule has 0 heterocycles. The van der Waals surface area contributed by atoms with Gasteiger partial charge in [0, 0.05) is 20.1 Å². The molecule has 198 valence electrons. The molecular formula is C24H48O9. The molecule has 0 aromatic heterocycles. The van der Waals surface area contributed by atoms with Crippen LogP contribution in [0, 0.1) is 0 Å². The highest BCUT2D eigenvalue weighted by Gasteiger charge is 1.96. The molecule has 9 heteroatoms. The van der Waals surface area contributed by atoms with E-state index in [1.165, 1.54) is 6.42 Å². The number of carbonyl (C=O) groups is 1. The van der Waals surface area contributed by atoms with Crippen molar-refractivity contribution in [3.8, 4) is 0 Å². The lowest BCUT2D eigenvalue weighted by Gasteiger charge is -2.08. The van der Waals surface area contributed by atoms with Gasteiger partial charge >= 0.3 is 0 Å². The predicted octanol–water partition coefficient (Wildman–Crippen LogP) is 2.68. The molecule has 0 radical (unpaired) electrons. The van der Waals surface area contributed by atoms with Gasteiger partial charge in [-0.1, -0.05) is 19.3 Å². The van der Waals surface area contributed by atoms with E-state index in [1.54, 1.807) is 14.0 Å². The molecule has 0 atom stereocenters. The Morgan fingerprint density at radius 2 is 0.727 bits per heavy atom. The van der Waals surface area contributed by atoms with E-state index in [2.05, 4.69) is 0 Å². The third-order valence-electron chi connectivity index (χ3n) is 4.48. The maximum Gasteiger partial charge on any atom is 0.129 e. The molecule has 0 saturated heterocycles. The first-order valence-corrected chi connectivity index (χ1v) is 12.3. The third-order valence-corrected chi connectivity index (χ3v) is 4.48. The van der Waals surface area contributed by atoms with Gasteiger partial charge in [-0.25, -0.2) is 0 Å². The summed E-state index contributed by atoms with van der Waals surface area (Å²) in [5.74, 6) is 0.285. The van der Waals surface area contributed by atoms with Crippen molar-refractivity contribution in [1.82, 2.24) is 0 Å². The third kappa shape index (κ3) is 31.4. The van der Waals surface area contributed by atoms with Crippen LogP contribution in [0.2, 0.25) is 0 Å². The number of carbonyl (C=O) groups excluding carboxylic acids is 1. The zero-order chi connectivity index (χ0) is 24.1. The Kier molecular flexibility index (Phi) is 28.8. The van der Waals surface area contributed by atoms with Crippen LogP contribution >= 0.6 is 0 Å². The average Bonchev–Trinajstić information content (AvgIpc) is 2.80. The summed E-state index contributed by atoms with van der Waals surface area (Å²) in [6.07, 6.45) is 6.24. The zero-order valence-corrected chi connectivity index (χ0v) is 21.0. The van der Waals surface area contributed by atoms with Crippen molar-refractivity contribution in [2.75, 3.05) is 106 Å². The molecule has 9 nitrogen and oxygen atoms in total.